The van der Waals surface area contributed by atoms with Gasteiger partial charge in [0.1, 0.15) is 0 Å². The zero-order chi connectivity index (χ0) is 13.9. The van der Waals surface area contributed by atoms with Crippen molar-refractivity contribution in [2.75, 3.05) is 5.32 Å². The molecular weight excluding hydrogens is 275 g/mol. The lowest BCUT2D eigenvalue weighted by Gasteiger charge is -2.13. The Labute approximate surface area is 111 Å². The molecule has 100 valence electrons. The predicted molar refractivity (Wildman–Crippen MR) is 68.1 cm³/mol. The topological polar surface area (TPSA) is 29.1 Å². The van der Waals surface area contributed by atoms with Crippen LogP contribution in [0.15, 0.2) is 41.8 Å². The first kappa shape index (κ1) is 13.6. The Balaban J connectivity index is 2.13. The highest BCUT2D eigenvalue weighted by Gasteiger charge is 2.33. The summed E-state index contributed by atoms with van der Waals surface area (Å²) >= 11 is 1.39. The number of carbonyl (C=O) groups is 1. The van der Waals surface area contributed by atoms with Crippen molar-refractivity contribution < 1.29 is 18.0 Å². The molecule has 19 heavy (non-hydrogen) atoms. The van der Waals surface area contributed by atoms with E-state index in [0.29, 0.717) is 0 Å². The van der Waals surface area contributed by atoms with Crippen LogP contribution < -0.4 is 5.32 Å². The van der Waals surface area contributed by atoms with E-state index in [0.717, 1.165) is 10.9 Å². The number of alkyl halides is 3. The van der Waals surface area contributed by atoms with Crippen LogP contribution in [0.5, 0.6) is 0 Å². The van der Waals surface area contributed by atoms with Gasteiger partial charge in [-0.2, -0.15) is 13.2 Å². The molecule has 0 atom stereocenters. The van der Waals surface area contributed by atoms with E-state index in [9.17, 15) is 18.0 Å². The van der Waals surface area contributed by atoms with E-state index in [1.54, 1.807) is 12.1 Å². The number of halogens is 3. The van der Waals surface area contributed by atoms with Crippen LogP contribution in [0, 0.1) is 0 Å². The molecule has 0 aliphatic rings. The first-order chi connectivity index (χ1) is 8.97. The summed E-state index contributed by atoms with van der Waals surface area (Å²) in [4.78, 5) is 12.5. The number of hydrogen-bond donors (Lipinski definition) is 1. The van der Waals surface area contributed by atoms with E-state index in [4.69, 9.17) is 0 Å². The van der Waals surface area contributed by atoms with Gasteiger partial charge in [-0.1, -0.05) is 18.2 Å². The summed E-state index contributed by atoms with van der Waals surface area (Å²) < 4.78 is 38.2. The number of amides is 1. The second kappa shape index (κ2) is 5.44. The van der Waals surface area contributed by atoms with Crippen molar-refractivity contribution in [2.45, 2.75) is 12.6 Å². The van der Waals surface area contributed by atoms with Gasteiger partial charge < -0.3 is 5.32 Å². The average Bonchev–Trinajstić information content (AvgIpc) is 2.81. The molecule has 0 radical (unpaired) electrons. The van der Waals surface area contributed by atoms with Crippen molar-refractivity contribution in [2.24, 2.45) is 0 Å². The van der Waals surface area contributed by atoms with Gasteiger partial charge in [0.25, 0.3) is 0 Å². The van der Waals surface area contributed by atoms with Gasteiger partial charge in [0.15, 0.2) is 0 Å². The quantitative estimate of drug-likeness (QED) is 0.909. The molecule has 0 fully saturated rings. The number of nitrogens with one attached hydrogen (secondary N) is 1. The second-order valence-electron chi connectivity index (χ2n) is 3.85. The molecule has 0 bridgehead atoms. The molecule has 0 saturated heterocycles. The minimum atomic E-state index is -4.48. The lowest BCUT2D eigenvalue weighted by Crippen LogP contribution is -2.17. The number of benzene rings is 1. The Bertz CT molecular complexity index is 564. The molecule has 1 N–H and O–H groups in total. The van der Waals surface area contributed by atoms with E-state index in [-0.39, 0.29) is 12.1 Å². The molecular formula is C13H10F3NOS. The Kier molecular flexibility index (Phi) is 3.90. The number of carbonyl (C=O) groups excluding carboxylic acids is 1. The van der Waals surface area contributed by atoms with Crippen molar-refractivity contribution in [3.05, 3.63) is 52.2 Å². The summed E-state index contributed by atoms with van der Waals surface area (Å²) in [6.45, 7) is 0. The zero-order valence-electron chi connectivity index (χ0n) is 9.70. The van der Waals surface area contributed by atoms with Crippen LogP contribution in [-0.2, 0) is 17.4 Å². The molecule has 6 heteroatoms. The number of hydrogen-bond acceptors (Lipinski definition) is 2. The van der Waals surface area contributed by atoms with Gasteiger partial charge in [0, 0.05) is 4.88 Å². The number of rotatable bonds is 3. The van der Waals surface area contributed by atoms with Crippen LogP contribution in [0.1, 0.15) is 10.4 Å². The normalized spacial score (nSPS) is 11.3. The average molecular weight is 285 g/mol. The van der Waals surface area contributed by atoms with E-state index >= 15 is 0 Å². The minimum Gasteiger partial charge on any atom is -0.325 e. The Morgan fingerprint density at radius 2 is 1.89 bits per heavy atom. The van der Waals surface area contributed by atoms with E-state index in [1.165, 1.54) is 29.5 Å². The van der Waals surface area contributed by atoms with Gasteiger partial charge in [-0.25, -0.2) is 0 Å². The molecule has 2 rings (SSSR count). The third-order valence-corrected chi connectivity index (χ3v) is 3.30. The van der Waals surface area contributed by atoms with Gasteiger partial charge in [-0.15, -0.1) is 11.3 Å². The van der Waals surface area contributed by atoms with Crippen molar-refractivity contribution in [1.82, 2.24) is 0 Å². The monoisotopic (exact) mass is 285 g/mol. The molecule has 0 aliphatic heterocycles. The molecule has 0 saturated carbocycles. The standard InChI is InChI=1S/C13H10F3NOS/c14-13(15,16)10-5-1-2-6-11(10)17-12(18)8-9-4-3-7-19-9/h1-7H,8H2,(H,17,18). The van der Waals surface area contributed by atoms with Crippen LogP contribution >= 0.6 is 11.3 Å². The summed E-state index contributed by atoms with van der Waals surface area (Å²) in [5.41, 5.74) is -1.05. The lowest BCUT2D eigenvalue weighted by molar-refractivity contribution is -0.137. The van der Waals surface area contributed by atoms with Crippen molar-refractivity contribution in [3.63, 3.8) is 0 Å². The fraction of sp³-hybridized carbons (Fsp3) is 0.154. The lowest BCUT2D eigenvalue weighted by atomic mass is 10.1. The molecule has 1 aromatic heterocycles. The SMILES string of the molecule is O=C(Cc1cccs1)Nc1ccccc1C(F)(F)F. The van der Waals surface area contributed by atoms with Crippen LogP contribution in [-0.4, -0.2) is 5.91 Å². The maximum Gasteiger partial charge on any atom is 0.418 e. The summed E-state index contributed by atoms with van der Waals surface area (Å²) in [7, 11) is 0. The van der Waals surface area contributed by atoms with Crippen LogP contribution in [0.4, 0.5) is 18.9 Å². The number of anilines is 1. The van der Waals surface area contributed by atoms with Crippen LogP contribution in [0.3, 0.4) is 0 Å². The fourth-order valence-corrected chi connectivity index (χ4v) is 2.31. The molecule has 0 unspecified atom stereocenters. The molecule has 0 aliphatic carbocycles. The second-order valence-corrected chi connectivity index (χ2v) is 4.88. The van der Waals surface area contributed by atoms with E-state index in [1.807, 2.05) is 5.38 Å². The fourth-order valence-electron chi connectivity index (χ4n) is 1.61. The van der Waals surface area contributed by atoms with Gasteiger partial charge >= 0.3 is 6.18 Å². The van der Waals surface area contributed by atoms with Gasteiger partial charge in [-0.3, -0.25) is 4.79 Å². The molecule has 1 amide bonds. The highest BCUT2D eigenvalue weighted by Crippen LogP contribution is 2.34. The number of thiophene rings is 1. The van der Waals surface area contributed by atoms with Crippen LogP contribution in [0.25, 0.3) is 0 Å². The molecule has 1 heterocycles. The van der Waals surface area contributed by atoms with Gasteiger partial charge in [0.2, 0.25) is 5.91 Å². The highest BCUT2D eigenvalue weighted by molar-refractivity contribution is 7.10. The van der Waals surface area contributed by atoms with Gasteiger partial charge in [0.05, 0.1) is 17.7 Å². The summed E-state index contributed by atoms with van der Waals surface area (Å²) in [5, 5.41) is 4.11. The molecule has 2 nitrogen and oxygen atoms in total. The van der Waals surface area contributed by atoms with E-state index in [2.05, 4.69) is 5.32 Å². The van der Waals surface area contributed by atoms with Crippen molar-refractivity contribution in [3.8, 4) is 0 Å². The summed E-state index contributed by atoms with van der Waals surface area (Å²) in [5.74, 6) is -0.459. The maximum absolute atomic E-state index is 12.7. The smallest absolute Gasteiger partial charge is 0.325 e. The largest absolute Gasteiger partial charge is 0.418 e. The zero-order valence-corrected chi connectivity index (χ0v) is 10.5. The third-order valence-electron chi connectivity index (χ3n) is 2.42. The molecule has 2 aromatic rings. The van der Waals surface area contributed by atoms with Gasteiger partial charge in [-0.05, 0) is 23.6 Å². The molecule has 1 aromatic carbocycles. The highest BCUT2D eigenvalue weighted by atomic mass is 32.1. The summed E-state index contributed by atoms with van der Waals surface area (Å²) in [6, 6.07) is 8.49. The van der Waals surface area contributed by atoms with Crippen molar-refractivity contribution >= 4 is 22.9 Å². The van der Waals surface area contributed by atoms with Crippen molar-refractivity contribution in [1.29, 1.82) is 0 Å². The Morgan fingerprint density at radius 3 is 2.53 bits per heavy atom. The molecule has 0 spiro atoms. The Hall–Kier alpha value is -1.82. The predicted octanol–water partition coefficient (Wildman–Crippen LogP) is 3.95. The maximum atomic E-state index is 12.7. The Morgan fingerprint density at radius 1 is 1.16 bits per heavy atom. The third kappa shape index (κ3) is 3.57. The number of para-hydroxylation sites is 1. The van der Waals surface area contributed by atoms with E-state index < -0.39 is 17.6 Å². The summed E-state index contributed by atoms with van der Waals surface area (Å²) in [6.07, 6.45) is -4.41. The first-order valence-corrected chi connectivity index (χ1v) is 6.33. The minimum absolute atomic E-state index is 0.0733. The first-order valence-electron chi connectivity index (χ1n) is 5.45. The van der Waals surface area contributed by atoms with Crippen LogP contribution in [0.2, 0.25) is 0 Å².